The number of benzene rings is 2. The van der Waals surface area contributed by atoms with Gasteiger partial charge in [-0.3, -0.25) is 0 Å². The molecule has 0 saturated heterocycles. The minimum absolute atomic E-state index is 0.0816. The molecule has 4 rings (SSSR count). The third-order valence-corrected chi connectivity index (χ3v) is 8.28. The maximum Gasteiger partial charge on any atom is 0.194 e. The zero-order chi connectivity index (χ0) is 24.9. The maximum absolute atomic E-state index is 15.0. The molecule has 0 spiro atoms. The van der Waals surface area contributed by atoms with Gasteiger partial charge in [-0.15, -0.1) is 0 Å². The summed E-state index contributed by atoms with van der Waals surface area (Å²) in [6.07, 6.45) is 13.6. The summed E-state index contributed by atoms with van der Waals surface area (Å²) in [7, 11) is 0. The van der Waals surface area contributed by atoms with Crippen molar-refractivity contribution in [2.24, 2.45) is 23.7 Å². The van der Waals surface area contributed by atoms with Gasteiger partial charge in [-0.25, -0.2) is 22.0 Å². The second kappa shape index (κ2) is 11.7. The van der Waals surface area contributed by atoms with Gasteiger partial charge in [0.25, 0.3) is 0 Å². The van der Waals surface area contributed by atoms with Crippen molar-refractivity contribution >= 4 is 0 Å². The summed E-state index contributed by atoms with van der Waals surface area (Å²) in [6.45, 7) is 2.27. The first-order chi connectivity index (χ1) is 16.9. The number of ether oxygens (including phenoxy) is 1. The van der Waals surface area contributed by atoms with Crippen LogP contribution in [0, 0.1) is 52.8 Å². The molecule has 2 fully saturated rings. The molecule has 2 aliphatic rings. The first kappa shape index (κ1) is 26.0. The summed E-state index contributed by atoms with van der Waals surface area (Å²) < 4.78 is 74.8. The maximum atomic E-state index is 15.0. The number of hydrogen-bond acceptors (Lipinski definition) is 1. The van der Waals surface area contributed by atoms with E-state index in [-0.39, 0.29) is 23.5 Å². The van der Waals surface area contributed by atoms with E-state index < -0.39 is 29.1 Å². The van der Waals surface area contributed by atoms with E-state index in [0.29, 0.717) is 24.5 Å². The third kappa shape index (κ3) is 6.37. The molecule has 0 aromatic heterocycles. The van der Waals surface area contributed by atoms with Gasteiger partial charge in [0.05, 0.1) is 0 Å². The van der Waals surface area contributed by atoms with E-state index in [1.54, 1.807) is 0 Å². The SMILES string of the molecule is CCCC1CCC(C2CCC(CCc3c(F)ccc(Oc4cc(F)c(F)c(F)c4)c3F)CC2)CC1. The highest BCUT2D eigenvalue weighted by Gasteiger charge is 2.31. The summed E-state index contributed by atoms with van der Waals surface area (Å²) in [5.41, 5.74) is -0.0816. The van der Waals surface area contributed by atoms with E-state index in [0.717, 1.165) is 42.7 Å². The van der Waals surface area contributed by atoms with Crippen LogP contribution in [0.1, 0.15) is 83.1 Å². The molecular formula is C29H35F5O. The predicted molar refractivity (Wildman–Crippen MR) is 127 cm³/mol. The Bertz CT molecular complexity index is 968. The molecule has 0 atom stereocenters. The highest BCUT2D eigenvalue weighted by Crippen LogP contribution is 2.43. The van der Waals surface area contributed by atoms with Crippen molar-refractivity contribution in [3.05, 3.63) is 58.9 Å². The van der Waals surface area contributed by atoms with E-state index in [4.69, 9.17) is 4.74 Å². The van der Waals surface area contributed by atoms with Gasteiger partial charge < -0.3 is 4.74 Å². The van der Waals surface area contributed by atoms with Crippen molar-refractivity contribution in [1.82, 2.24) is 0 Å². The van der Waals surface area contributed by atoms with E-state index >= 15 is 4.39 Å². The molecule has 0 aliphatic heterocycles. The zero-order valence-electron chi connectivity index (χ0n) is 20.4. The topological polar surface area (TPSA) is 9.23 Å². The van der Waals surface area contributed by atoms with Gasteiger partial charge in [0.2, 0.25) is 0 Å². The Morgan fingerprint density at radius 1 is 0.686 bits per heavy atom. The first-order valence-electron chi connectivity index (χ1n) is 13.1. The lowest BCUT2D eigenvalue weighted by molar-refractivity contribution is 0.141. The van der Waals surface area contributed by atoms with E-state index in [9.17, 15) is 17.6 Å². The lowest BCUT2D eigenvalue weighted by atomic mass is 9.68. The van der Waals surface area contributed by atoms with E-state index in [1.165, 1.54) is 51.4 Å². The smallest absolute Gasteiger partial charge is 0.194 e. The van der Waals surface area contributed by atoms with Crippen LogP contribution in [0.15, 0.2) is 24.3 Å². The Morgan fingerprint density at radius 2 is 1.23 bits per heavy atom. The Morgan fingerprint density at radius 3 is 1.77 bits per heavy atom. The molecular weight excluding hydrogens is 459 g/mol. The average molecular weight is 495 g/mol. The number of rotatable bonds is 8. The molecule has 0 unspecified atom stereocenters. The lowest BCUT2D eigenvalue weighted by Gasteiger charge is -2.38. The van der Waals surface area contributed by atoms with Crippen LogP contribution in [0.4, 0.5) is 22.0 Å². The molecule has 2 aliphatic carbocycles. The first-order valence-corrected chi connectivity index (χ1v) is 13.1. The minimum Gasteiger partial charge on any atom is -0.454 e. The normalized spacial score (nSPS) is 25.0. The van der Waals surface area contributed by atoms with Crippen LogP contribution in [-0.4, -0.2) is 0 Å². The Kier molecular flexibility index (Phi) is 8.72. The molecule has 2 saturated carbocycles. The molecule has 35 heavy (non-hydrogen) atoms. The predicted octanol–water partition coefficient (Wildman–Crippen LogP) is 9.52. The zero-order valence-corrected chi connectivity index (χ0v) is 20.4. The van der Waals surface area contributed by atoms with Crippen LogP contribution in [0.5, 0.6) is 11.5 Å². The monoisotopic (exact) mass is 494 g/mol. The van der Waals surface area contributed by atoms with E-state index in [1.807, 2.05) is 0 Å². The Hall–Kier alpha value is -2.11. The highest BCUT2D eigenvalue weighted by atomic mass is 19.2. The quantitative estimate of drug-likeness (QED) is 0.262. The Labute approximate surface area is 205 Å². The van der Waals surface area contributed by atoms with Crippen LogP contribution in [0.2, 0.25) is 0 Å². The van der Waals surface area contributed by atoms with Gasteiger partial charge in [-0.05, 0) is 74.3 Å². The molecule has 0 radical (unpaired) electrons. The largest absolute Gasteiger partial charge is 0.454 e. The highest BCUT2D eigenvalue weighted by molar-refractivity contribution is 5.37. The van der Waals surface area contributed by atoms with Crippen LogP contribution in [0.3, 0.4) is 0 Å². The van der Waals surface area contributed by atoms with Crippen LogP contribution in [-0.2, 0) is 6.42 Å². The van der Waals surface area contributed by atoms with Crippen molar-refractivity contribution in [3.63, 3.8) is 0 Å². The van der Waals surface area contributed by atoms with E-state index in [2.05, 4.69) is 6.92 Å². The minimum atomic E-state index is -1.63. The average Bonchev–Trinajstić information content (AvgIpc) is 2.85. The standard InChI is InChI=1S/C29H35F5O/c1-2-3-18-4-9-20(10-5-18)21-11-6-19(7-12-21)8-13-23-24(30)14-15-27(28(23)33)35-22-16-25(31)29(34)26(32)17-22/h14-21H,2-13H2,1H3. The van der Waals surface area contributed by atoms with Crippen molar-refractivity contribution in [2.45, 2.75) is 84.0 Å². The summed E-state index contributed by atoms with van der Waals surface area (Å²) in [6, 6.07) is 3.44. The second-order valence-electron chi connectivity index (χ2n) is 10.5. The van der Waals surface area contributed by atoms with Crippen LogP contribution < -0.4 is 4.74 Å². The molecule has 1 nitrogen and oxygen atoms in total. The van der Waals surface area contributed by atoms with Crippen molar-refractivity contribution in [2.75, 3.05) is 0 Å². The van der Waals surface area contributed by atoms with Gasteiger partial charge in [0.1, 0.15) is 11.6 Å². The summed E-state index contributed by atoms with van der Waals surface area (Å²) in [5.74, 6) is -3.80. The van der Waals surface area contributed by atoms with Crippen LogP contribution in [0.25, 0.3) is 0 Å². The molecule has 2 aromatic carbocycles. The van der Waals surface area contributed by atoms with Crippen molar-refractivity contribution in [1.29, 1.82) is 0 Å². The second-order valence-corrected chi connectivity index (χ2v) is 10.5. The van der Waals surface area contributed by atoms with Crippen molar-refractivity contribution < 1.29 is 26.7 Å². The molecule has 0 amide bonds. The van der Waals surface area contributed by atoms with Gasteiger partial charge >= 0.3 is 0 Å². The van der Waals surface area contributed by atoms with Gasteiger partial charge in [0.15, 0.2) is 29.0 Å². The lowest BCUT2D eigenvalue weighted by Crippen LogP contribution is -2.26. The summed E-state index contributed by atoms with van der Waals surface area (Å²) in [4.78, 5) is 0. The Balaban J connectivity index is 1.31. The molecule has 2 aromatic rings. The number of hydrogen-bond donors (Lipinski definition) is 0. The molecule has 0 heterocycles. The van der Waals surface area contributed by atoms with Gasteiger partial charge in [-0.1, -0.05) is 45.4 Å². The van der Waals surface area contributed by atoms with Gasteiger partial charge in [-0.2, -0.15) is 0 Å². The van der Waals surface area contributed by atoms with Crippen molar-refractivity contribution in [3.8, 4) is 11.5 Å². The molecule has 0 N–H and O–H groups in total. The molecule has 0 bridgehead atoms. The fraction of sp³-hybridized carbons (Fsp3) is 0.586. The summed E-state index contributed by atoms with van der Waals surface area (Å²) in [5, 5.41) is 0. The summed E-state index contributed by atoms with van der Waals surface area (Å²) >= 11 is 0. The molecule has 192 valence electrons. The fourth-order valence-electron chi connectivity index (χ4n) is 6.26. The third-order valence-electron chi connectivity index (χ3n) is 8.28. The van der Waals surface area contributed by atoms with Crippen LogP contribution >= 0.6 is 0 Å². The van der Waals surface area contributed by atoms with Gasteiger partial charge in [0, 0.05) is 17.7 Å². The number of halogens is 5. The molecule has 6 heteroatoms. The fourth-order valence-corrected chi connectivity index (χ4v) is 6.26.